The van der Waals surface area contributed by atoms with Crippen molar-refractivity contribution < 1.29 is 13.2 Å². The number of H-pyrrole nitrogens is 1. The molecular weight excluding hydrogens is 254 g/mol. The van der Waals surface area contributed by atoms with E-state index in [0.29, 0.717) is 18.7 Å². The SMILES string of the molecule is CCc1cc(C(=O)N2CCCS(=O)(=O)CC2)n[nH]1. The molecule has 2 rings (SSSR count). The van der Waals surface area contributed by atoms with Crippen molar-refractivity contribution in [3.05, 3.63) is 17.5 Å². The van der Waals surface area contributed by atoms with Gasteiger partial charge in [0.1, 0.15) is 5.69 Å². The van der Waals surface area contributed by atoms with Crippen LogP contribution in [0.25, 0.3) is 0 Å². The van der Waals surface area contributed by atoms with Crippen LogP contribution in [0.5, 0.6) is 0 Å². The Morgan fingerprint density at radius 3 is 2.89 bits per heavy atom. The maximum absolute atomic E-state index is 12.1. The number of aromatic amines is 1. The van der Waals surface area contributed by atoms with Gasteiger partial charge >= 0.3 is 0 Å². The number of nitrogens with zero attached hydrogens (tertiary/aromatic N) is 2. The second-order valence-electron chi connectivity index (χ2n) is 4.43. The fourth-order valence-electron chi connectivity index (χ4n) is 1.96. The molecule has 1 aliphatic rings. The van der Waals surface area contributed by atoms with Crippen molar-refractivity contribution >= 4 is 15.7 Å². The Labute approximate surface area is 106 Å². The van der Waals surface area contributed by atoms with Crippen LogP contribution >= 0.6 is 0 Å². The zero-order valence-corrected chi connectivity index (χ0v) is 11.2. The summed E-state index contributed by atoms with van der Waals surface area (Å²) in [4.78, 5) is 13.7. The van der Waals surface area contributed by atoms with Crippen molar-refractivity contribution in [3.63, 3.8) is 0 Å². The standard InChI is InChI=1S/C11H17N3O3S/c1-2-9-8-10(13-12-9)11(15)14-4-3-6-18(16,17)7-5-14/h8H,2-7H2,1H3,(H,12,13). The summed E-state index contributed by atoms with van der Waals surface area (Å²) in [7, 11) is -2.99. The lowest BCUT2D eigenvalue weighted by atomic mass is 10.2. The third-order valence-electron chi connectivity index (χ3n) is 3.07. The number of rotatable bonds is 2. The minimum absolute atomic E-state index is 0.0454. The number of aromatic nitrogens is 2. The first-order valence-corrected chi connectivity index (χ1v) is 7.88. The van der Waals surface area contributed by atoms with E-state index in [4.69, 9.17) is 0 Å². The lowest BCUT2D eigenvalue weighted by Gasteiger charge is -2.17. The summed E-state index contributed by atoms with van der Waals surface area (Å²) in [5.74, 6) is 0.0181. The maximum atomic E-state index is 12.1. The van der Waals surface area contributed by atoms with E-state index < -0.39 is 9.84 Å². The molecule has 1 saturated heterocycles. The molecule has 1 amide bonds. The van der Waals surface area contributed by atoms with E-state index in [1.165, 1.54) is 0 Å². The molecule has 0 unspecified atom stereocenters. The molecule has 0 aliphatic carbocycles. The Kier molecular flexibility index (Phi) is 3.70. The minimum atomic E-state index is -2.99. The summed E-state index contributed by atoms with van der Waals surface area (Å²) in [6.45, 7) is 2.71. The van der Waals surface area contributed by atoms with Gasteiger partial charge in [-0.25, -0.2) is 8.42 Å². The van der Waals surface area contributed by atoms with Crippen LogP contribution in [0.3, 0.4) is 0 Å². The molecule has 0 radical (unpaired) electrons. The van der Waals surface area contributed by atoms with Crippen molar-refractivity contribution in [3.8, 4) is 0 Å². The lowest BCUT2D eigenvalue weighted by molar-refractivity contribution is 0.0762. The average Bonchev–Trinajstić information content (AvgIpc) is 2.74. The van der Waals surface area contributed by atoms with Gasteiger partial charge in [-0.2, -0.15) is 5.10 Å². The summed E-state index contributed by atoms with van der Waals surface area (Å²) in [6, 6.07) is 1.72. The summed E-state index contributed by atoms with van der Waals surface area (Å²) < 4.78 is 22.9. The van der Waals surface area contributed by atoms with Crippen LogP contribution < -0.4 is 0 Å². The van der Waals surface area contributed by atoms with Crippen molar-refractivity contribution in [2.24, 2.45) is 0 Å². The number of hydrogen-bond donors (Lipinski definition) is 1. The second kappa shape index (κ2) is 5.09. The zero-order valence-electron chi connectivity index (χ0n) is 10.3. The first kappa shape index (κ1) is 13.1. The third-order valence-corrected chi connectivity index (χ3v) is 4.79. The van der Waals surface area contributed by atoms with E-state index in [1.807, 2.05) is 6.92 Å². The van der Waals surface area contributed by atoms with Crippen LogP contribution in [0.15, 0.2) is 6.07 Å². The average molecular weight is 271 g/mol. The highest BCUT2D eigenvalue weighted by molar-refractivity contribution is 7.91. The smallest absolute Gasteiger partial charge is 0.274 e. The lowest BCUT2D eigenvalue weighted by Crippen LogP contribution is -2.33. The molecule has 18 heavy (non-hydrogen) atoms. The topological polar surface area (TPSA) is 83.1 Å². The van der Waals surface area contributed by atoms with Gasteiger partial charge in [-0.3, -0.25) is 9.89 Å². The molecule has 0 atom stereocenters. The highest BCUT2D eigenvalue weighted by Gasteiger charge is 2.24. The molecule has 6 nitrogen and oxygen atoms in total. The number of carbonyl (C=O) groups excluding carboxylic acids is 1. The Hall–Kier alpha value is -1.37. The predicted molar refractivity (Wildman–Crippen MR) is 67.1 cm³/mol. The summed E-state index contributed by atoms with van der Waals surface area (Å²) in [5.41, 5.74) is 1.27. The highest BCUT2D eigenvalue weighted by Crippen LogP contribution is 2.10. The molecule has 1 aliphatic heterocycles. The summed E-state index contributed by atoms with van der Waals surface area (Å²) in [5, 5.41) is 6.76. The molecule has 0 spiro atoms. The van der Waals surface area contributed by atoms with Crippen LogP contribution in [-0.2, 0) is 16.3 Å². The molecule has 1 fully saturated rings. The van der Waals surface area contributed by atoms with Gasteiger partial charge in [0.25, 0.3) is 5.91 Å². The van der Waals surface area contributed by atoms with Gasteiger partial charge in [0, 0.05) is 18.8 Å². The van der Waals surface area contributed by atoms with E-state index >= 15 is 0 Å². The molecule has 0 aromatic carbocycles. The van der Waals surface area contributed by atoms with Gasteiger partial charge in [-0.15, -0.1) is 0 Å². The van der Waals surface area contributed by atoms with Gasteiger partial charge < -0.3 is 4.90 Å². The van der Waals surface area contributed by atoms with Gasteiger partial charge in [-0.1, -0.05) is 6.92 Å². The van der Waals surface area contributed by atoms with E-state index in [-0.39, 0.29) is 24.0 Å². The van der Waals surface area contributed by atoms with Gasteiger partial charge in [0.15, 0.2) is 9.84 Å². The fourth-order valence-corrected chi connectivity index (χ4v) is 3.23. The summed E-state index contributed by atoms with van der Waals surface area (Å²) in [6.07, 6.45) is 1.29. The van der Waals surface area contributed by atoms with Gasteiger partial charge in [0.05, 0.1) is 11.5 Å². The highest BCUT2D eigenvalue weighted by atomic mass is 32.2. The quantitative estimate of drug-likeness (QED) is 0.835. The van der Waals surface area contributed by atoms with Gasteiger partial charge in [-0.05, 0) is 18.9 Å². The van der Waals surface area contributed by atoms with E-state index in [9.17, 15) is 13.2 Å². The Balaban J connectivity index is 2.09. The largest absolute Gasteiger partial charge is 0.336 e. The molecular formula is C11H17N3O3S. The summed E-state index contributed by atoms with van der Waals surface area (Å²) >= 11 is 0. The van der Waals surface area contributed by atoms with Crippen LogP contribution in [0.2, 0.25) is 0 Å². The van der Waals surface area contributed by atoms with Crippen LogP contribution in [-0.4, -0.2) is 54.0 Å². The number of amides is 1. The van der Waals surface area contributed by atoms with Crippen molar-refractivity contribution in [1.29, 1.82) is 0 Å². The number of nitrogens with one attached hydrogen (secondary N) is 1. The molecule has 1 N–H and O–H groups in total. The second-order valence-corrected chi connectivity index (χ2v) is 6.73. The molecule has 1 aromatic heterocycles. The van der Waals surface area contributed by atoms with Crippen LogP contribution in [0.1, 0.15) is 29.5 Å². The fraction of sp³-hybridized carbons (Fsp3) is 0.636. The molecule has 2 heterocycles. The molecule has 1 aromatic rings. The zero-order chi connectivity index (χ0) is 13.2. The van der Waals surface area contributed by atoms with Crippen LogP contribution in [0, 0.1) is 0 Å². The monoisotopic (exact) mass is 271 g/mol. The van der Waals surface area contributed by atoms with Crippen molar-refractivity contribution in [1.82, 2.24) is 15.1 Å². The minimum Gasteiger partial charge on any atom is -0.336 e. The maximum Gasteiger partial charge on any atom is 0.274 e. The third kappa shape index (κ3) is 2.90. The first-order chi connectivity index (χ1) is 8.52. The van der Waals surface area contributed by atoms with Crippen molar-refractivity contribution in [2.45, 2.75) is 19.8 Å². The Morgan fingerprint density at radius 1 is 1.44 bits per heavy atom. The molecule has 0 bridgehead atoms. The molecule has 7 heteroatoms. The Morgan fingerprint density at radius 2 is 2.22 bits per heavy atom. The van der Waals surface area contributed by atoms with Crippen molar-refractivity contribution in [2.75, 3.05) is 24.6 Å². The Bertz CT molecular complexity index is 535. The normalized spacial score (nSPS) is 19.5. The number of carbonyl (C=O) groups is 1. The van der Waals surface area contributed by atoms with E-state index in [1.54, 1.807) is 11.0 Å². The number of hydrogen-bond acceptors (Lipinski definition) is 4. The van der Waals surface area contributed by atoms with Gasteiger partial charge in [0.2, 0.25) is 0 Å². The molecule has 100 valence electrons. The molecule has 0 saturated carbocycles. The van der Waals surface area contributed by atoms with E-state index in [2.05, 4.69) is 10.2 Å². The predicted octanol–water partition coefficient (Wildman–Crippen LogP) is 0.233. The van der Waals surface area contributed by atoms with E-state index in [0.717, 1.165) is 12.1 Å². The first-order valence-electron chi connectivity index (χ1n) is 6.06. The van der Waals surface area contributed by atoms with Crippen LogP contribution in [0.4, 0.5) is 0 Å². The number of sulfone groups is 1. The number of aryl methyl sites for hydroxylation is 1.